The fourth-order valence-corrected chi connectivity index (χ4v) is 1.75. The van der Waals surface area contributed by atoms with Crippen molar-refractivity contribution in [2.24, 2.45) is 0 Å². The second kappa shape index (κ2) is 2.47. The van der Waals surface area contributed by atoms with E-state index in [4.69, 9.17) is 0 Å². The molecule has 3 nitrogen and oxygen atoms in total. The summed E-state index contributed by atoms with van der Waals surface area (Å²) in [4.78, 5) is 0. The lowest BCUT2D eigenvalue weighted by Gasteiger charge is -1.68. The van der Waals surface area contributed by atoms with Crippen molar-refractivity contribution in [2.45, 2.75) is 0 Å². The predicted octanol–water partition coefficient (Wildman–Crippen LogP) is 2.78. The number of rotatable bonds is 0. The molecule has 1 aromatic rings. The molecule has 0 bridgehead atoms. The maximum atomic E-state index is 4.36. The summed E-state index contributed by atoms with van der Waals surface area (Å²) >= 11 is 0. The minimum atomic E-state index is 0.414. The number of hydrogen-bond donors (Lipinski definition) is 0. The number of hydrogen-bond acceptors (Lipinski definition) is 3. The van der Waals surface area contributed by atoms with Crippen molar-refractivity contribution in [3.05, 3.63) is 0 Å². The molecule has 1 rings (SSSR count). The van der Waals surface area contributed by atoms with Crippen LogP contribution in [0.2, 0.25) is 0 Å². The average Bonchev–Trinajstić information content (AvgIpc) is 1.72. The fourth-order valence-electron chi connectivity index (χ4n) is 0.0940. The zero-order valence-corrected chi connectivity index (χ0v) is 5.41. The Morgan fingerprint density at radius 2 is 2.50 bits per heavy atom. The Morgan fingerprint density at radius 3 is 2.67 bits per heavy atom. The Morgan fingerprint density at radius 1 is 1.50 bits per heavy atom. The first kappa shape index (κ1) is 4.46. The van der Waals surface area contributed by atoms with Gasteiger partial charge in [0.05, 0.1) is 7.55 Å². The normalized spacial score (nSPS) is 12.0. The van der Waals surface area contributed by atoms with Gasteiger partial charge in [0.25, 0.3) is 0 Å². The second-order valence-electron chi connectivity index (χ2n) is 0.499. The first-order chi connectivity index (χ1) is 3.00. The molecule has 6 heteroatoms. The third kappa shape index (κ3) is 1.18. The molecule has 0 N–H and O–H groups in total. The lowest BCUT2D eigenvalue weighted by Crippen LogP contribution is -1.25. The highest BCUT2D eigenvalue weighted by molar-refractivity contribution is 8.13. The summed E-state index contributed by atoms with van der Waals surface area (Å²) < 4.78 is 12.7. The van der Waals surface area contributed by atoms with Crippen LogP contribution in [0.1, 0.15) is 0 Å². The molecule has 0 fully saturated rings. The van der Waals surface area contributed by atoms with Crippen molar-refractivity contribution in [1.29, 1.82) is 0 Å². The van der Waals surface area contributed by atoms with Gasteiger partial charge in [0.15, 0.2) is 0 Å². The van der Waals surface area contributed by atoms with E-state index < -0.39 is 0 Å². The molecule has 0 saturated carbocycles. The van der Waals surface area contributed by atoms with Crippen LogP contribution in [0.25, 0.3) is 0 Å². The van der Waals surface area contributed by atoms with Crippen molar-refractivity contribution in [2.75, 3.05) is 0 Å². The van der Waals surface area contributed by atoms with Crippen molar-refractivity contribution < 1.29 is 13.4 Å². The van der Waals surface area contributed by atoms with Gasteiger partial charge < -0.3 is 0 Å². The second-order valence-corrected chi connectivity index (χ2v) is 4.80. The van der Waals surface area contributed by atoms with Gasteiger partial charge in [-0.15, -0.1) is 0 Å². The molecule has 1 heterocycles. The minimum Gasteiger partial charge on any atom is -0.245 e. The van der Waals surface area contributed by atoms with Crippen LogP contribution in [0.3, 0.4) is 0 Å². The van der Waals surface area contributed by atoms with Crippen molar-refractivity contribution in [3.63, 3.8) is 0 Å². The molecular formula is HO3P3. The summed E-state index contributed by atoms with van der Waals surface area (Å²) in [5.74, 6) is 0. The van der Waals surface area contributed by atoms with Gasteiger partial charge in [0.2, 0.25) is 8.11 Å². The molecule has 0 saturated heterocycles. The molecule has 0 aliphatic carbocycles. The Balaban J connectivity index is 3.00. The van der Waals surface area contributed by atoms with Crippen LogP contribution >= 0.6 is 23.8 Å². The standard InChI is InChI=1S/HO3P3/c1-2-4-6-5-3-1/h4H. The third-order valence-corrected chi connectivity index (χ3v) is 3.03. The monoisotopic (exact) mass is 142 g/mol. The fraction of sp³-hybridized carbons (Fsp3) is 0. The summed E-state index contributed by atoms with van der Waals surface area (Å²) in [6.07, 6.45) is 0. The van der Waals surface area contributed by atoms with E-state index >= 15 is 0 Å². The van der Waals surface area contributed by atoms with E-state index in [2.05, 4.69) is 13.4 Å². The molecule has 0 aliphatic rings. The molecule has 0 aliphatic heterocycles. The van der Waals surface area contributed by atoms with Crippen LogP contribution in [0.4, 0.5) is 0 Å². The van der Waals surface area contributed by atoms with Gasteiger partial charge in [-0.3, -0.25) is 0 Å². The highest BCUT2D eigenvalue weighted by Gasteiger charge is 1.64. The van der Waals surface area contributed by atoms with Crippen LogP contribution in [-0.4, -0.2) is 0 Å². The Bertz CT molecular complexity index is 78.0. The maximum absolute atomic E-state index is 4.36. The van der Waals surface area contributed by atoms with Gasteiger partial charge in [-0.2, -0.15) is 0 Å². The quantitative estimate of drug-likeness (QED) is 0.522. The highest BCUT2D eigenvalue weighted by Crippen LogP contribution is 2.27. The van der Waals surface area contributed by atoms with Crippen LogP contribution < -0.4 is 0 Å². The van der Waals surface area contributed by atoms with E-state index in [1.165, 1.54) is 0 Å². The molecule has 0 aromatic carbocycles. The lowest BCUT2D eigenvalue weighted by molar-refractivity contribution is -0.124. The Hall–Kier alpha value is 0.300. The van der Waals surface area contributed by atoms with Gasteiger partial charge in [0, 0.05) is 0 Å². The summed E-state index contributed by atoms with van der Waals surface area (Å²) in [6.45, 7) is 0. The van der Waals surface area contributed by atoms with E-state index in [9.17, 15) is 0 Å². The lowest BCUT2D eigenvalue weighted by atomic mass is 14.8. The SMILES string of the molecule is o1opp[pH]o1. The Labute approximate surface area is 38.2 Å². The van der Waals surface area contributed by atoms with Gasteiger partial charge in [0.1, 0.15) is 8.11 Å². The van der Waals surface area contributed by atoms with Gasteiger partial charge in [-0.1, -0.05) is 4.74 Å². The zero-order valence-electron chi connectivity index (χ0n) is 2.62. The van der Waals surface area contributed by atoms with Crippen LogP contribution in [0, 0.1) is 0 Å². The van der Waals surface area contributed by atoms with Gasteiger partial charge in [-0.25, -0.2) is 8.71 Å². The smallest absolute Gasteiger partial charge is 0.227 e. The van der Waals surface area contributed by atoms with Crippen LogP contribution in [0.15, 0.2) is 13.4 Å². The molecule has 1 aromatic heterocycles. The van der Waals surface area contributed by atoms with E-state index in [0.29, 0.717) is 8.11 Å². The Kier molecular flexibility index (Phi) is 1.83. The van der Waals surface area contributed by atoms with Crippen LogP contribution in [0.5, 0.6) is 0 Å². The van der Waals surface area contributed by atoms with E-state index in [0.717, 1.165) is 15.7 Å². The van der Waals surface area contributed by atoms with Crippen molar-refractivity contribution in [3.8, 4) is 0 Å². The van der Waals surface area contributed by atoms with E-state index in [-0.39, 0.29) is 0 Å². The minimum absolute atomic E-state index is 0.414. The molecule has 6 heavy (non-hydrogen) atoms. The van der Waals surface area contributed by atoms with E-state index in [1.807, 2.05) is 0 Å². The summed E-state index contributed by atoms with van der Waals surface area (Å²) in [6, 6.07) is 0. The average molecular weight is 142 g/mol. The molecule has 34 valence electrons. The molecule has 1 atom stereocenters. The van der Waals surface area contributed by atoms with Crippen molar-refractivity contribution >= 4 is 23.8 Å². The van der Waals surface area contributed by atoms with Gasteiger partial charge in [-0.05, 0) is 0 Å². The largest absolute Gasteiger partial charge is 0.245 e. The van der Waals surface area contributed by atoms with Gasteiger partial charge >= 0.3 is 0 Å². The molecule has 1 unspecified atom stereocenters. The predicted molar refractivity (Wildman–Crippen MR) is 25.4 cm³/mol. The molecular weight excluding hydrogens is 141 g/mol. The molecule has 0 radical (unpaired) electrons. The third-order valence-electron chi connectivity index (χ3n) is 0.217. The molecule has 0 amide bonds. The highest BCUT2D eigenvalue weighted by atomic mass is 32.2. The summed E-state index contributed by atoms with van der Waals surface area (Å²) in [7, 11) is 2.38. The van der Waals surface area contributed by atoms with E-state index in [1.54, 1.807) is 0 Å². The van der Waals surface area contributed by atoms with Crippen molar-refractivity contribution in [1.82, 2.24) is 0 Å². The first-order valence-corrected chi connectivity index (χ1v) is 5.31. The molecule has 0 spiro atoms. The first-order valence-electron chi connectivity index (χ1n) is 1.14. The van der Waals surface area contributed by atoms with Crippen LogP contribution in [-0.2, 0) is 0 Å². The summed E-state index contributed by atoms with van der Waals surface area (Å²) in [5, 5.41) is 0. The zero-order chi connectivity index (χ0) is 4.24. The maximum Gasteiger partial charge on any atom is 0.227 e. The summed E-state index contributed by atoms with van der Waals surface area (Å²) in [5.41, 5.74) is 0. The topological polar surface area (TPSA) is 39.4 Å².